The van der Waals surface area contributed by atoms with Gasteiger partial charge in [0.2, 0.25) is 5.91 Å². The molecule has 2 aromatic carbocycles. The van der Waals surface area contributed by atoms with Crippen molar-refractivity contribution in [3.05, 3.63) is 59.9 Å². The molecule has 2 N–H and O–H groups in total. The third kappa shape index (κ3) is 5.94. The number of nitrogens with zero attached hydrogens (tertiary/aromatic N) is 1. The predicted octanol–water partition coefficient (Wildman–Crippen LogP) is 3.93. The number of piperidine rings is 1. The zero-order valence-electron chi connectivity index (χ0n) is 19.0. The summed E-state index contributed by atoms with van der Waals surface area (Å²) in [5, 5.41) is 3.17. The molecule has 2 amide bonds. The normalized spacial score (nSPS) is 19.4. The maximum absolute atomic E-state index is 13.1. The highest BCUT2D eigenvalue weighted by Crippen LogP contribution is 2.23. The molecule has 0 radical (unpaired) electrons. The van der Waals surface area contributed by atoms with E-state index in [9.17, 15) is 22.4 Å². The van der Waals surface area contributed by atoms with Crippen LogP contribution >= 0.6 is 0 Å². The monoisotopic (exact) mass is 487 g/mol. The number of sulfonamides is 1. The van der Waals surface area contributed by atoms with Gasteiger partial charge in [-0.2, -0.15) is 0 Å². The highest BCUT2D eigenvalue weighted by atomic mass is 32.2. The fourth-order valence-electron chi connectivity index (χ4n) is 4.63. The molecular formula is C25H30FN3O4S. The first-order valence-corrected chi connectivity index (χ1v) is 13.3. The van der Waals surface area contributed by atoms with E-state index in [-0.39, 0.29) is 28.7 Å². The third-order valence-corrected chi connectivity index (χ3v) is 7.94. The molecule has 2 aromatic rings. The fraction of sp³-hybridized carbons (Fsp3) is 0.440. The number of anilines is 1. The van der Waals surface area contributed by atoms with Crippen LogP contribution in [0.1, 0.15) is 55.3 Å². The molecule has 0 unspecified atom stereocenters. The minimum atomic E-state index is -3.87. The van der Waals surface area contributed by atoms with Gasteiger partial charge in [0.1, 0.15) is 5.82 Å². The van der Waals surface area contributed by atoms with Crippen LogP contribution in [0.3, 0.4) is 0 Å². The highest BCUT2D eigenvalue weighted by Gasteiger charge is 2.30. The molecule has 2 aliphatic rings. The van der Waals surface area contributed by atoms with Crippen molar-refractivity contribution in [2.24, 2.45) is 5.92 Å². The molecule has 1 heterocycles. The lowest BCUT2D eigenvalue weighted by Crippen LogP contribution is -2.47. The Balaban J connectivity index is 1.36. The Kier molecular flexibility index (Phi) is 7.50. The predicted molar refractivity (Wildman–Crippen MR) is 127 cm³/mol. The number of benzene rings is 2. The Morgan fingerprint density at radius 3 is 2.24 bits per heavy atom. The summed E-state index contributed by atoms with van der Waals surface area (Å²) in [6.07, 6.45) is 7.12. The molecule has 182 valence electrons. The van der Waals surface area contributed by atoms with Crippen LogP contribution in [0.2, 0.25) is 0 Å². The van der Waals surface area contributed by atoms with Gasteiger partial charge < -0.3 is 10.2 Å². The van der Waals surface area contributed by atoms with E-state index < -0.39 is 15.8 Å². The number of halogens is 1. The van der Waals surface area contributed by atoms with Gasteiger partial charge in [-0.25, -0.2) is 12.8 Å². The van der Waals surface area contributed by atoms with Gasteiger partial charge in [0.15, 0.2) is 0 Å². The Morgan fingerprint density at radius 2 is 1.56 bits per heavy atom. The summed E-state index contributed by atoms with van der Waals surface area (Å²) in [5.41, 5.74) is 0.724. The molecule has 4 rings (SSSR count). The smallest absolute Gasteiger partial charge is 0.261 e. The van der Waals surface area contributed by atoms with Crippen LogP contribution in [0.25, 0.3) is 0 Å². The van der Waals surface area contributed by atoms with E-state index in [2.05, 4.69) is 10.0 Å². The molecule has 7 nitrogen and oxygen atoms in total. The molecular weight excluding hydrogens is 457 g/mol. The van der Waals surface area contributed by atoms with Gasteiger partial charge in [0, 0.05) is 30.4 Å². The van der Waals surface area contributed by atoms with E-state index in [1.807, 2.05) is 0 Å². The van der Waals surface area contributed by atoms with Gasteiger partial charge in [-0.1, -0.05) is 19.3 Å². The second kappa shape index (κ2) is 10.5. The minimum Gasteiger partial charge on any atom is -0.353 e. The zero-order valence-corrected chi connectivity index (χ0v) is 19.8. The van der Waals surface area contributed by atoms with E-state index >= 15 is 0 Å². The fourth-order valence-corrected chi connectivity index (χ4v) is 5.69. The SMILES string of the molecule is O=C(NC1CCCCC1)[C@@H]1CCCN(C(=O)c2ccc(NS(=O)(=O)c3ccc(F)cc3)cc2)C1. The first-order valence-electron chi connectivity index (χ1n) is 11.8. The average molecular weight is 488 g/mol. The number of nitrogens with one attached hydrogen (secondary N) is 2. The van der Waals surface area contributed by atoms with Gasteiger partial charge in [-0.3, -0.25) is 14.3 Å². The first-order chi connectivity index (χ1) is 16.3. The lowest BCUT2D eigenvalue weighted by molar-refractivity contribution is -0.127. The second-order valence-corrected chi connectivity index (χ2v) is 10.8. The van der Waals surface area contributed by atoms with Crippen LogP contribution in [0, 0.1) is 11.7 Å². The van der Waals surface area contributed by atoms with Crippen molar-refractivity contribution in [2.75, 3.05) is 17.8 Å². The Morgan fingerprint density at radius 1 is 0.882 bits per heavy atom. The van der Waals surface area contributed by atoms with Crippen LogP contribution in [0.4, 0.5) is 10.1 Å². The minimum absolute atomic E-state index is 0.0370. The van der Waals surface area contributed by atoms with Crippen molar-refractivity contribution in [3.63, 3.8) is 0 Å². The van der Waals surface area contributed by atoms with Gasteiger partial charge in [-0.15, -0.1) is 0 Å². The van der Waals surface area contributed by atoms with E-state index in [0.717, 1.165) is 50.7 Å². The van der Waals surface area contributed by atoms with Crippen molar-refractivity contribution < 1.29 is 22.4 Å². The van der Waals surface area contributed by atoms with Crippen LogP contribution in [0.5, 0.6) is 0 Å². The number of carbonyl (C=O) groups excluding carboxylic acids is 2. The number of carbonyl (C=O) groups is 2. The standard InChI is InChI=1S/C25H30FN3O4S/c26-20-10-14-23(15-11-20)34(32,33)28-22-12-8-18(9-13-22)25(31)29-16-4-5-19(17-29)24(30)27-21-6-2-1-3-7-21/h8-15,19,21,28H,1-7,16-17H2,(H,27,30)/t19-/m1/s1. The molecule has 1 saturated carbocycles. The maximum atomic E-state index is 13.1. The Bertz CT molecular complexity index is 1110. The Hall–Kier alpha value is -2.94. The van der Waals surface area contributed by atoms with Crippen LogP contribution in [-0.2, 0) is 14.8 Å². The lowest BCUT2D eigenvalue weighted by atomic mass is 9.93. The molecule has 0 bridgehead atoms. The first kappa shape index (κ1) is 24.2. The summed E-state index contributed by atoms with van der Waals surface area (Å²) in [7, 11) is -3.87. The van der Waals surface area contributed by atoms with Crippen LogP contribution in [-0.4, -0.2) is 44.3 Å². The van der Waals surface area contributed by atoms with Crippen molar-refractivity contribution in [1.82, 2.24) is 10.2 Å². The molecule has 1 atom stereocenters. The largest absolute Gasteiger partial charge is 0.353 e. The Labute approximate surface area is 199 Å². The molecule has 0 aromatic heterocycles. The summed E-state index contributed by atoms with van der Waals surface area (Å²) in [5.74, 6) is -0.868. The van der Waals surface area contributed by atoms with E-state index in [1.54, 1.807) is 17.0 Å². The van der Waals surface area contributed by atoms with E-state index in [4.69, 9.17) is 0 Å². The summed E-state index contributed by atoms with van der Waals surface area (Å²) in [6.45, 7) is 0.974. The van der Waals surface area contributed by atoms with Crippen molar-refractivity contribution in [3.8, 4) is 0 Å². The topological polar surface area (TPSA) is 95.6 Å². The van der Waals surface area contributed by atoms with Crippen molar-refractivity contribution in [2.45, 2.75) is 55.9 Å². The van der Waals surface area contributed by atoms with Gasteiger partial charge >= 0.3 is 0 Å². The summed E-state index contributed by atoms with van der Waals surface area (Å²) in [6, 6.07) is 11.0. The number of rotatable bonds is 6. The molecule has 9 heteroatoms. The summed E-state index contributed by atoms with van der Waals surface area (Å²) in [4.78, 5) is 27.4. The number of likely N-dealkylation sites (tertiary alicyclic amines) is 1. The number of hydrogen-bond donors (Lipinski definition) is 2. The summed E-state index contributed by atoms with van der Waals surface area (Å²) >= 11 is 0. The molecule has 1 aliphatic carbocycles. The van der Waals surface area contributed by atoms with Gasteiger partial charge in [-0.05, 0) is 74.2 Å². The van der Waals surface area contributed by atoms with Crippen LogP contribution < -0.4 is 10.0 Å². The molecule has 34 heavy (non-hydrogen) atoms. The quantitative estimate of drug-likeness (QED) is 0.646. The lowest BCUT2D eigenvalue weighted by Gasteiger charge is -2.33. The molecule has 1 saturated heterocycles. The van der Waals surface area contributed by atoms with Crippen molar-refractivity contribution >= 4 is 27.5 Å². The van der Waals surface area contributed by atoms with Crippen molar-refractivity contribution in [1.29, 1.82) is 0 Å². The molecule has 2 fully saturated rings. The zero-order chi connectivity index (χ0) is 24.1. The second-order valence-electron chi connectivity index (χ2n) is 9.07. The number of hydrogen-bond acceptors (Lipinski definition) is 4. The summed E-state index contributed by atoms with van der Waals surface area (Å²) < 4.78 is 40.5. The number of amides is 2. The van der Waals surface area contributed by atoms with Gasteiger partial charge in [0.25, 0.3) is 15.9 Å². The third-order valence-electron chi connectivity index (χ3n) is 6.54. The van der Waals surface area contributed by atoms with Crippen LogP contribution in [0.15, 0.2) is 53.4 Å². The van der Waals surface area contributed by atoms with E-state index in [0.29, 0.717) is 24.3 Å². The average Bonchev–Trinajstić information content (AvgIpc) is 2.85. The molecule has 1 aliphatic heterocycles. The van der Waals surface area contributed by atoms with E-state index in [1.165, 1.54) is 30.7 Å². The van der Waals surface area contributed by atoms with Gasteiger partial charge in [0.05, 0.1) is 10.8 Å². The molecule has 0 spiro atoms. The highest BCUT2D eigenvalue weighted by molar-refractivity contribution is 7.92. The maximum Gasteiger partial charge on any atom is 0.261 e.